The number of nitrogens with one attached hydrogen (secondary N) is 3. The molecule has 6 N–H and O–H groups in total. The van der Waals surface area contributed by atoms with E-state index in [-0.39, 0.29) is 42.4 Å². The molecule has 6 rings (SSSR count). The largest absolute Gasteiger partial charge is 0.506 e. The molecule has 2 amide bonds. The lowest BCUT2D eigenvalue weighted by Crippen LogP contribution is -2.34. The van der Waals surface area contributed by atoms with E-state index in [4.69, 9.17) is 4.74 Å². The Morgan fingerprint density at radius 1 is 0.855 bits per heavy atom. The third-order valence-corrected chi connectivity index (χ3v) is 9.19. The molecule has 12 heteroatoms. The van der Waals surface area contributed by atoms with Crippen molar-refractivity contribution in [2.45, 2.75) is 31.7 Å². The molecule has 0 bridgehead atoms. The van der Waals surface area contributed by atoms with Crippen molar-refractivity contribution >= 4 is 22.9 Å². The summed E-state index contributed by atoms with van der Waals surface area (Å²) in [5, 5.41) is 36.8. The second-order valence-corrected chi connectivity index (χ2v) is 13.0. The van der Waals surface area contributed by atoms with Crippen LogP contribution in [0.3, 0.4) is 0 Å². The quantitative estimate of drug-likeness (QED) is 0.0599. The number of carboxylic acid groups (broad SMARTS) is 1. The number of aliphatic hydroxyl groups is 1. The number of phenolic OH excluding ortho intramolecular Hbond substituents is 1. The summed E-state index contributed by atoms with van der Waals surface area (Å²) in [6.45, 7) is 1.20. The van der Waals surface area contributed by atoms with E-state index in [1.807, 2.05) is 36.4 Å². The normalized spacial score (nSPS) is 12.2. The van der Waals surface area contributed by atoms with E-state index < -0.39 is 24.1 Å². The Kier molecular flexibility index (Phi) is 12.5. The molecule has 6 aromatic rings. The van der Waals surface area contributed by atoms with Gasteiger partial charge in [-0.05, 0) is 77.7 Å². The predicted octanol–water partition coefficient (Wildman–Crippen LogP) is 6.66. The number of aromatic nitrogens is 1. The van der Waals surface area contributed by atoms with Crippen LogP contribution in [-0.4, -0.2) is 56.8 Å². The molecule has 0 aliphatic rings. The number of carbonyl (C=O) groups excluding carboxylic acids is 1. The topological polar surface area (TPSA) is 164 Å². The second kappa shape index (κ2) is 18.0. The summed E-state index contributed by atoms with van der Waals surface area (Å²) in [6.07, 6.45) is -1.57. The number of carbonyl (C=O) groups is 2. The fraction of sp³-hybridized carbons (Fsp3) is 0.186. The Morgan fingerprint density at radius 3 is 2.36 bits per heavy atom. The van der Waals surface area contributed by atoms with Crippen molar-refractivity contribution in [3.05, 3.63) is 177 Å². The van der Waals surface area contributed by atoms with E-state index in [0.29, 0.717) is 47.3 Å². The van der Waals surface area contributed by atoms with Gasteiger partial charge in [0.2, 0.25) is 5.56 Å². The fourth-order valence-electron chi connectivity index (χ4n) is 6.38. The number of amides is 2. The van der Waals surface area contributed by atoms with Crippen molar-refractivity contribution in [1.82, 2.24) is 20.5 Å². The van der Waals surface area contributed by atoms with E-state index in [9.17, 15) is 34.1 Å². The van der Waals surface area contributed by atoms with Gasteiger partial charge in [0.05, 0.1) is 17.7 Å². The number of halogens is 1. The molecule has 2 atom stereocenters. The number of aliphatic hydroxyl groups excluding tert-OH is 1. The molecule has 0 fully saturated rings. The highest BCUT2D eigenvalue weighted by molar-refractivity contribution is 5.94. The zero-order chi connectivity index (χ0) is 38.7. The SMILES string of the molecule is O=C(O)N[C@@H](c1ccccc1)c1cccc(OCc2ccc(C(=O)N(CCCNCC(O)c3ccc(O)c4[nH]c(=O)ccc34)Cc3ccccc3F)cc2)c1. The van der Waals surface area contributed by atoms with E-state index in [1.54, 1.807) is 77.7 Å². The van der Waals surface area contributed by atoms with Crippen LogP contribution in [0.1, 0.15) is 56.7 Å². The number of hydrogen-bond acceptors (Lipinski definition) is 7. The van der Waals surface area contributed by atoms with E-state index >= 15 is 0 Å². The van der Waals surface area contributed by atoms with Gasteiger partial charge in [-0.3, -0.25) is 9.59 Å². The van der Waals surface area contributed by atoms with Crippen LogP contribution in [0, 0.1) is 5.82 Å². The maximum atomic E-state index is 14.7. The van der Waals surface area contributed by atoms with Crippen molar-refractivity contribution in [1.29, 1.82) is 0 Å². The highest BCUT2D eigenvalue weighted by atomic mass is 19.1. The number of nitrogens with zero attached hydrogens (tertiary/aromatic N) is 1. The van der Waals surface area contributed by atoms with Crippen LogP contribution in [0.25, 0.3) is 10.9 Å². The number of pyridine rings is 1. The standard InChI is InChI=1S/C43H41FN4O7/c44-36-13-5-4-10-32(36)26-48(23-7-22-45-25-38(50)34-18-20-37(49)41-35(34)19-21-39(51)46-41)42(52)30-16-14-28(15-17-30)27-55-33-12-6-11-31(24-33)40(47-43(53)54)29-8-2-1-3-9-29/h1-6,8-21,24,38,40,45,47,49-50H,7,22-23,25-27H2,(H,46,51)(H,53,54)/t38?,40-/m0/s1. The predicted molar refractivity (Wildman–Crippen MR) is 206 cm³/mol. The van der Waals surface area contributed by atoms with Gasteiger partial charge in [-0.2, -0.15) is 0 Å². The van der Waals surface area contributed by atoms with Gasteiger partial charge in [0.1, 0.15) is 23.9 Å². The first-order valence-corrected chi connectivity index (χ1v) is 17.8. The van der Waals surface area contributed by atoms with Crippen LogP contribution in [0.5, 0.6) is 11.5 Å². The average Bonchev–Trinajstić information content (AvgIpc) is 3.20. The van der Waals surface area contributed by atoms with Crippen LogP contribution in [0.2, 0.25) is 0 Å². The molecule has 11 nitrogen and oxygen atoms in total. The molecule has 282 valence electrons. The van der Waals surface area contributed by atoms with Gasteiger partial charge in [-0.15, -0.1) is 0 Å². The highest BCUT2D eigenvalue weighted by Gasteiger charge is 2.20. The van der Waals surface area contributed by atoms with Gasteiger partial charge < -0.3 is 40.6 Å². The summed E-state index contributed by atoms with van der Waals surface area (Å²) in [6, 6.07) is 35.1. The maximum absolute atomic E-state index is 14.7. The smallest absolute Gasteiger partial charge is 0.405 e. The first-order valence-electron chi connectivity index (χ1n) is 17.8. The van der Waals surface area contributed by atoms with Crippen molar-refractivity contribution in [2.75, 3.05) is 19.6 Å². The Hall–Kier alpha value is -6.50. The number of rotatable bonds is 16. The number of aromatic hydroxyl groups is 1. The first-order chi connectivity index (χ1) is 26.7. The molecule has 0 spiro atoms. The van der Waals surface area contributed by atoms with Crippen molar-refractivity contribution in [3.8, 4) is 11.5 Å². The number of fused-ring (bicyclic) bond motifs is 1. The molecule has 0 aliphatic heterocycles. The number of ether oxygens (including phenoxy) is 1. The summed E-state index contributed by atoms with van der Waals surface area (Å²) in [5.74, 6) is -0.220. The summed E-state index contributed by atoms with van der Waals surface area (Å²) in [4.78, 5) is 41.3. The summed E-state index contributed by atoms with van der Waals surface area (Å²) in [5.41, 5.74) is 3.56. The number of aromatic amines is 1. The number of phenols is 1. The van der Waals surface area contributed by atoms with Crippen LogP contribution in [0.4, 0.5) is 9.18 Å². The molecule has 0 radical (unpaired) electrons. The zero-order valence-electron chi connectivity index (χ0n) is 29.8. The van der Waals surface area contributed by atoms with Crippen LogP contribution in [-0.2, 0) is 13.2 Å². The third kappa shape index (κ3) is 9.93. The molecule has 5 aromatic carbocycles. The first kappa shape index (κ1) is 38.2. The lowest BCUT2D eigenvalue weighted by atomic mass is 9.98. The van der Waals surface area contributed by atoms with Gasteiger partial charge in [0.25, 0.3) is 5.91 Å². The Morgan fingerprint density at radius 2 is 1.60 bits per heavy atom. The van der Waals surface area contributed by atoms with Gasteiger partial charge in [0.15, 0.2) is 0 Å². The van der Waals surface area contributed by atoms with Gasteiger partial charge in [-0.1, -0.05) is 78.9 Å². The second-order valence-electron chi connectivity index (χ2n) is 13.0. The minimum Gasteiger partial charge on any atom is -0.506 e. The third-order valence-electron chi connectivity index (χ3n) is 9.19. The monoisotopic (exact) mass is 744 g/mol. The lowest BCUT2D eigenvalue weighted by molar-refractivity contribution is 0.0738. The average molecular weight is 745 g/mol. The minimum atomic E-state index is -1.14. The maximum Gasteiger partial charge on any atom is 0.405 e. The molecule has 0 aliphatic carbocycles. The molecular formula is C43H41FN4O7. The molecule has 0 saturated heterocycles. The summed E-state index contributed by atoms with van der Waals surface area (Å²) in [7, 11) is 0. The van der Waals surface area contributed by atoms with E-state index in [1.165, 1.54) is 18.2 Å². The van der Waals surface area contributed by atoms with Gasteiger partial charge >= 0.3 is 6.09 Å². The van der Waals surface area contributed by atoms with Crippen molar-refractivity contribution in [3.63, 3.8) is 0 Å². The van der Waals surface area contributed by atoms with Gasteiger partial charge in [0, 0.05) is 42.2 Å². The highest BCUT2D eigenvalue weighted by Crippen LogP contribution is 2.29. The Bertz CT molecular complexity index is 2300. The molecule has 1 aromatic heterocycles. The Labute approximate surface area is 316 Å². The van der Waals surface area contributed by atoms with Crippen LogP contribution < -0.4 is 20.9 Å². The van der Waals surface area contributed by atoms with Crippen molar-refractivity contribution < 1.29 is 34.0 Å². The molecule has 1 heterocycles. The zero-order valence-corrected chi connectivity index (χ0v) is 29.8. The number of H-pyrrole nitrogens is 1. The number of benzene rings is 5. The molecule has 1 unspecified atom stereocenters. The minimum absolute atomic E-state index is 0.0632. The molecular weight excluding hydrogens is 703 g/mol. The van der Waals surface area contributed by atoms with Crippen LogP contribution in [0.15, 0.2) is 132 Å². The summed E-state index contributed by atoms with van der Waals surface area (Å²) >= 11 is 0. The molecule has 55 heavy (non-hydrogen) atoms. The van der Waals surface area contributed by atoms with Crippen molar-refractivity contribution in [2.24, 2.45) is 0 Å². The van der Waals surface area contributed by atoms with Crippen LogP contribution >= 0.6 is 0 Å². The Balaban J connectivity index is 1.07. The number of hydrogen-bond donors (Lipinski definition) is 6. The van der Waals surface area contributed by atoms with E-state index in [2.05, 4.69) is 15.6 Å². The fourth-order valence-corrected chi connectivity index (χ4v) is 6.38. The van der Waals surface area contributed by atoms with E-state index in [0.717, 1.165) is 16.7 Å². The molecule has 0 saturated carbocycles. The summed E-state index contributed by atoms with van der Waals surface area (Å²) < 4.78 is 20.8. The lowest BCUT2D eigenvalue weighted by Gasteiger charge is -2.24. The van der Waals surface area contributed by atoms with Gasteiger partial charge in [-0.25, -0.2) is 9.18 Å².